The van der Waals surface area contributed by atoms with Gasteiger partial charge in [-0.2, -0.15) is 0 Å². The summed E-state index contributed by atoms with van der Waals surface area (Å²) in [5.41, 5.74) is 13.3. The summed E-state index contributed by atoms with van der Waals surface area (Å²) < 4.78 is 18.0. The fourth-order valence-corrected chi connectivity index (χ4v) is 11.9. The number of para-hydroxylation sites is 1. The number of benzene rings is 7. The molecule has 0 spiro atoms. The van der Waals surface area contributed by atoms with E-state index in [1.54, 1.807) is 0 Å². The summed E-state index contributed by atoms with van der Waals surface area (Å²) >= 11 is 0. The molecule has 0 N–H and O–H groups in total. The van der Waals surface area contributed by atoms with Gasteiger partial charge in [0.1, 0.15) is 0 Å². The smallest absolute Gasteiger partial charge is 0.172 e. The molecule has 48 heavy (non-hydrogen) atoms. The fourth-order valence-electron chi connectivity index (χ4n) is 8.57. The van der Waals surface area contributed by atoms with Crippen molar-refractivity contribution in [3.05, 3.63) is 169 Å². The second kappa shape index (κ2) is 9.80. The molecule has 1 aromatic heterocycles. The van der Waals surface area contributed by atoms with E-state index in [0.717, 1.165) is 54.5 Å². The highest BCUT2D eigenvalue weighted by atomic mass is 31.2. The van der Waals surface area contributed by atoms with E-state index in [0.29, 0.717) is 0 Å². The molecule has 2 aliphatic rings. The second-order valence-corrected chi connectivity index (χ2v) is 16.3. The van der Waals surface area contributed by atoms with Crippen LogP contribution in [0.4, 0.5) is 0 Å². The van der Waals surface area contributed by atoms with E-state index in [1.165, 1.54) is 33.4 Å². The van der Waals surface area contributed by atoms with Crippen LogP contribution in [0.2, 0.25) is 0 Å². The van der Waals surface area contributed by atoms with Crippen molar-refractivity contribution in [1.82, 2.24) is 4.57 Å². The van der Waals surface area contributed by atoms with Gasteiger partial charge in [0, 0.05) is 37.8 Å². The molecule has 1 atom stereocenters. The van der Waals surface area contributed by atoms with E-state index in [2.05, 4.69) is 140 Å². The largest absolute Gasteiger partial charge is 0.309 e. The maximum Gasteiger partial charge on any atom is 0.172 e. The Balaban J connectivity index is 1.16. The Morgan fingerprint density at radius 1 is 0.521 bits per heavy atom. The monoisotopic (exact) mass is 633 g/mol. The highest BCUT2D eigenvalue weighted by Gasteiger charge is 2.42. The van der Waals surface area contributed by atoms with Crippen LogP contribution in [0.3, 0.4) is 0 Å². The minimum atomic E-state index is -3.13. The third-order valence-electron chi connectivity index (χ3n) is 10.8. The fraction of sp³-hybridized carbons (Fsp3) is 0.0667. The van der Waals surface area contributed by atoms with Gasteiger partial charge in [0.15, 0.2) is 7.14 Å². The first-order chi connectivity index (χ1) is 23.5. The van der Waals surface area contributed by atoms with E-state index >= 15 is 4.57 Å². The van der Waals surface area contributed by atoms with Crippen LogP contribution in [0.1, 0.15) is 25.0 Å². The first-order valence-electron chi connectivity index (χ1n) is 16.6. The number of hydrogen-bond donors (Lipinski definition) is 0. The van der Waals surface area contributed by atoms with Crippen LogP contribution in [0, 0.1) is 0 Å². The summed E-state index contributed by atoms with van der Waals surface area (Å²) in [7, 11) is -3.13. The van der Waals surface area contributed by atoms with E-state index in [4.69, 9.17) is 0 Å². The topological polar surface area (TPSA) is 22.0 Å². The van der Waals surface area contributed by atoms with E-state index in [9.17, 15) is 0 Å². The normalized spacial score (nSPS) is 16.9. The number of fused-ring (bicyclic) bond motifs is 10. The lowest BCUT2D eigenvalue weighted by atomic mass is 9.82. The van der Waals surface area contributed by atoms with Crippen molar-refractivity contribution >= 4 is 44.9 Å². The van der Waals surface area contributed by atoms with Gasteiger partial charge in [-0.3, -0.25) is 0 Å². The lowest BCUT2D eigenvalue weighted by molar-refractivity contribution is 0.593. The standard InChI is InChI=1S/C45H32NOP/c1-45(2)38-17-9-6-14-33(38)37-28-30(22-26-39(37)45)29-20-23-31(24-21-29)46-40-18-10-7-16-36(40)43-41(46)27-25-35-34-15-8-11-19-42(34)48(47,44(35)43)32-12-4-3-5-13-32/h3-28H,1-2H3. The maximum atomic E-state index is 15.7. The van der Waals surface area contributed by atoms with Gasteiger partial charge >= 0.3 is 0 Å². The first kappa shape index (κ1) is 27.7. The minimum Gasteiger partial charge on any atom is -0.309 e. The molecule has 10 rings (SSSR count). The zero-order valence-corrected chi connectivity index (χ0v) is 27.7. The average molecular weight is 634 g/mol. The van der Waals surface area contributed by atoms with Crippen LogP contribution in [0.15, 0.2) is 158 Å². The lowest BCUT2D eigenvalue weighted by Gasteiger charge is -2.21. The van der Waals surface area contributed by atoms with Crippen LogP contribution in [0.25, 0.3) is 60.9 Å². The third-order valence-corrected chi connectivity index (χ3v) is 14.0. The van der Waals surface area contributed by atoms with Crippen molar-refractivity contribution in [2.75, 3.05) is 0 Å². The highest BCUT2D eigenvalue weighted by Crippen LogP contribution is 2.55. The summed E-state index contributed by atoms with van der Waals surface area (Å²) in [5, 5.41) is 4.97. The van der Waals surface area contributed by atoms with Crippen LogP contribution in [-0.2, 0) is 9.98 Å². The molecule has 3 heteroatoms. The molecule has 2 nitrogen and oxygen atoms in total. The summed E-state index contributed by atoms with van der Waals surface area (Å²) in [5.74, 6) is 0. The predicted octanol–water partition coefficient (Wildman–Crippen LogP) is 10.4. The van der Waals surface area contributed by atoms with Gasteiger partial charge in [-0.25, -0.2) is 0 Å². The molecule has 1 unspecified atom stereocenters. The second-order valence-electron chi connectivity index (χ2n) is 13.6. The van der Waals surface area contributed by atoms with E-state index in [1.807, 2.05) is 36.4 Å². The predicted molar refractivity (Wildman–Crippen MR) is 202 cm³/mol. The summed E-state index contributed by atoms with van der Waals surface area (Å²) in [6.45, 7) is 4.65. The molecule has 7 aromatic carbocycles. The van der Waals surface area contributed by atoms with Gasteiger partial charge in [-0.1, -0.05) is 141 Å². The molecule has 0 saturated carbocycles. The molecule has 228 valence electrons. The lowest BCUT2D eigenvalue weighted by Crippen LogP contribution is -2.21. The molecular formula is C45H32NOP. The molecule has 1 aliphatic heterocycles. The molecule has 0 bridgehead atoms. The average Bonchev–Trinajstić information content (AvgIpc) is 3.70. The van der Waals surface area contributed by atoms with Crippen LogP contribution >= 0.6 is 7.14 Å². The Morgan fingerprint density at radius 2 is 1.19 bits per heavy atom. The van der Waals surface area contributed by atoms with Crippen molar-refractivity contribution in [3.8, 4) is 39.1 Å². The number of nitrogens with zero attached hydrogens (tertiary/aromatic N) is 1. The molecular weight excluding hydrogens is 601 g/mol. The van der Waals surface area contributed by atoms with E-state index < -0.39 is 7.14 Å². The third kappa shape index (κ3) is 3.56. The highest BCUT2D eigenvalue weighted by molar-refractivity contribution is 7.86. The zero-order chi connectivity index (χ0) is 32.2. The molecule has 0 saturated heterocycles. The van der Waals surface area contributed by atoms with Gasteiger partial charge in [0.2, 0.25) is 0 Å². The van der Waals surface area contributed by atoms with Gasteiger partial charge in [0.05, 0.1) is 11.0 Å². The minimum absolute atomic E-state index is 0.00311. The van der Waals surface area contributed by atoms with Crippen molar-refractivity contribution < 1.29 is 4.57 Å². The van der Waals surface area contributed by atoms with E-state index in [-0.39, 0.29) is 5.41 Å². The molecule has 0 fully saturated rings. The van der Waals surface area contributed by atoms with Crippen molar-refractivity contribution in [2.24, 2.45) is 0 Å². The number of rotatable bonds is 3. The Hall–Kier alpha value is -5.43. The molecule has 0 amide bonds. The quantitative estimate of drug-likeness (QED) is 0.178. The molecule has 1 aliphatic carbocycles. The maximum absolute atomic E-state index is 15.7. The van der Waals surface area contributed by atoms with Crippen LogP contribution < -0.4 is 15.9 Å². The van der Waals surface area contributed by atoms with Crippen LogP contribution in [-0.4, -0.2) is 4.57 Å². The van der Waals surface area contributed by atoms with Gasteiger partial charge in [-0.05, 0) is 74.8 Å². The Kier molecular flexibility index (Phi) is 5.65. The Bertz CT molecular complexity index is 2660. The zero-order valence-electron chi connectivity index (χ0n) is 26.8. The van der Waals surface area contributed by atoms with Gasteiger partial charge in [-0.15, -0.1) is 0 Å². The van der Waals surface area contributed by atoms with Crippen LogP contribution in [0.5, 0.6) is 0 Å². The SMILES string of the molecule is CC1(C)c2ccccc2-c2cc(-c3ccc(-n4c5ccccc5c5c6c(ccc54)-c4ccccc4P6(=O)c4ccccc4)cc3)ccc21. The first-order valence-corrected chi connectivity index (χ1v) is 18.3. The van der Waals surface area contributed by atoms with Gasteiger partial charge < -0.3 is 9.13 Å². The summed E-state index contributed by atoms with van der Waals surface area (Å²) in [4.78, 5) is 0. The molecule has 2 heterocycles. The number of hydrogen-bond acceptors (Lipinski definition) is 1. The summed E-state index contributed by atoms with van der Waals surface area (Å²) in [6.07, 6.45) is 0. The van der Waals surface area contributed by atoms with Crippen molar-refractivity contribution in [2.45, 2.75) is 19.3 Å². The number of aromatic nitrogens is 1. The van der Waals surface area contributed by atoms with Crippen molar-refractivity contribution in [1.29, 1.82) is 0 Å². The van der Waals surface area contributed by atoms with Gasteiger partial charge in [0.25, 0.3) is 0 Å². The van der Waals surface area contributed by atoms with Crippen molar-refractivity contribution in [3.63, 3.8) is 0 Å². The molecule has 0 radical (unpaired) electrons. The summed E-state index contributed by atoms with van der Waals surface area (Å²) in [6, 6.07) is 56.0. The Labute approximate surface area is 280 Å². The Morgan fingerprint density at radius 3 is 2.02 bits per heavy atom. The molecule has 8 aromatic rings.